The number of halogens is 1. The summed E-state index contributed by atoms with van der Waals surface area (Å²) in [5.41, 5.74) is 2.04. The van der Waals surface area contributed by atoms with Crippen LogP contribution in [0.1, 0.15) is 50.3 Å². The van der Waals surface area contributed by atoms with E-state index in [1.165, 1.54) is 5.56 Å². The molecule has 5 heteroatoms. The largest absolute Gasteiger partial charge is 0.487 e. The molecule has 0 radical (unpaired) electrons. The molecule has 0 saturated carbocycles. The van der Waals surface area contributed by atoms with Gasteiger partial charge in [0.15, 0.2) is 0 Å². The van der Waals surface area contributed by atoms with E-state index in [0.717, 1.165) is 41.4 Å². The predicted octanol–water partition coefficient (Wildman–Crippen LogP) is 5.77. The van der Waals surface area contributed by atoms with Crippen LogP contribution in [0.3, 0.4) is 0 Å². The van der Waals surface area contributed by atoms with Gasteiger partial charge in [0.05, 0.1) is 11.8 Å². The topological polar surface area (TPSA) is 38.3 Å². The number of fused-ring (bicyclic) bond motifs is 1. The molecule has 1 aliphatic rings. The minimum atomic E-state index is -0.206. The van der Waals surface area contributed by atoms with Gasteiger partial charge < -0.3 is 10.1 Å². The van der Waals surface area contributed by atoms with Crippen molar-refractivity contribution in [1.82, 2.24) is 5.32 Å². The van der Waals surface area contributed by atoms with Gasteiger partial charge in [0.2, 0.25) is 5.91 Å². The van der Waals surface area contributed by atoms with Crippen LogP contribution in [0.4, 0.5) is 0 Å². The second-order valence-electron chi connectivity index (χ2n) is 6.97. The number of hydrogen-bond donors (Lipinski definition) is 1. The van der Waals surface area contributed by atoms with Crippen LogP contribution in [0, 0.1) is 0 Å². The monoisotopic (exact) mass is 403 g/mol. The average Bonchev–Trinajstić information content (AvgIpc) is 2.69. The van der Waals surface area contributed by atoms with Crippen LogP contribution >= 0.6 is 23.4 Å². The third-order valence-electron chi connectivity index (χ3n) is 5.24. The number of amides is 1. The van der Waals surface area contributed by atoms with Crippen LogP contribution in [0.25, 0.3) is 0 Å². The molecule has 0 saturated heterocycles. The number of nitrogens with one attached hydrogen (secondary N) is 1. The van der Waals surface area contributed by atoms with Gasteiger partial charge in [-0.05, 0) is 36.6 Å². The Bertz CT molecular complexity index is 774. The summed E-state index contributed by atoms with van der Waals surface area (Å²) in [5.74, 6) is 2.19. The molecule has 1 aliphatic heterocycles. The zero-order valence-corrected chi connectivity index (χ0v) is 17.4. The number of hydrogen-bond acceptors (Lipinski definition) is 3. The standard InChI is InChI=1S/C22H26ClNO2S/c1-3-22(4-2)13-19(18-7-5-6-8-20(18)26-22)24-21(25)15-27-14-16-9-11-17(23)12-10-16/h5-12,19H,3-4,13-15H2,1-2H3,(H,24,25)/t19-/m0/s1. The van der Waals surface area contributed by atoms with Crippen molar-refractivity contribution >= 4 is 29.3 Å². The highest BCUT2D eigenvalue weighted by Crippen LogP contribution is 2.42. The molecule has 0 bridgehead atoms. The molecule has 0 aromatic heterocycles. The van der Waals surface area contributed by atoms with Crippen molar-refractivity contribution in [2.24, 2.45) is 0 Å². The molecule has 3 nitrogen and oxygen atoms in total. The van der Waals surface area contributed by atoms with E-state index < -0.39 is 0 Å². The fraction of sp³-hybridized carbons (Fsp3) is 0.409. The summed E-state index contributed by atoms with van der Waals surface area (Å²) in [6, 6.07) is 15.8. The Morgan fingerprint density at radius 2 is 1.89 bits per heavy atom. The Morgan fingerprint density at radius 3 is 2.59 bits per heavy atom. The van der Waals surface area contributed by atoms with Gasteiger partial charge >= 0.3 is 0 Å². The summed E-state index contributed by atoms with van der Waals surface area (Å²) in [5, 5.41) is 3.96. The number of rotatable bonds is 7. The van der Waals surface area contributed by atoms with E-state index in [-0.39, 0.29) is 17.6 Å². The summed E-state index contributed by atoms with van der Waals surface area (Å²) in [6.07, 6.45) is 2.66. The Hall–Kier alpha value is -1.65. The molecule has 0 spiro atoms. The lowest BCUT2D eigenvalue weighted by molar-refractivity contribution is -0.120. The fourth-order valence-corrected chi connectivity index (χ4v) is 4.43. The van der Waals surface area contributed by atoms with Crippen molar-refractivity contribution < 1.29 is 9.53 Å². The first kappa shape index (κ1) is 20.1. The number of benzene rings is 2. The van der Waals surface area contributed by atoms with Gasteiger partial charge in [-0.3, -0.25) is 4.79 Å². The summed E-state index contributed by atoms with van der Waals surface area (Å²) >= 11 is 7.53. The van der Waals surface area contributed by atoms with Crippen molar-refractivity contribution in [3.63, 3.8) is 0 Å². The van der Waals surface area contributed by atoms with Crippen molar-refractivity contribution in [1.29, 1.82) is 0 Å². The van der Waals surface area contributed by atoms with Gasteiger partial charge in [0.1, 0.15) is 11.4 Å². The van der Waals surface area contributed by atoms with Gasteiger partial charge in [-0.1, -0.05) is 55.8 Å². The Labute approximate surface area is 170 Å². The molecule has 0 unspecified atom stereocenters. The third kappa shape index (κ3) is 4.99. The minimum absolute atomic E-state index is 0.00141. The number of para-hydroxylation sites is 1. The van der Waals surface area contributed by atoms with Gasteiger partial charge in [-0.2, -0.15) is 0 Å². The highest BCUT2D eigenvalue weighted by molar-refractivity contribution is 7.99. The quantitative estimate of drug-likeness (QED) is 0.637. The molecule has 1 N–H and O–H groups in total. The van der Waals surface area contributed by atoms with Crippen molar-refractivity contribution in [3.8, 4) is 5.75 Å². The molecule has 0 aliphatic carbocycles. The SMILES string of the molecule is CCC1(CC)C[C@H](NC(=O)CSCc2ccc(Cl)cc2)c2ccccc2O1. The normalized spacial score (nSPS) is 17.7. The highest BCUT2D eigenvalue weighted by Gasteiger charge is 2.38. The highest BCUT2D eigenvalue weighted by atomic mass is 35.5. The molecule has 1 amide bonds. The lowest BCUT2D eigenvalue weighted by atomic mass is 9.83. The summed E-state index contributed by atoms with van der Waals surface area (Å²) in [6.45, 7) is 4.30. The predicted molar refractivity (Wildman–Crippen MR) is 113 cm³/mol. The van der Waals surface area contributed by atoms with E-state index in [1.807, 2.05) is 42.5 Å². The molecule has 1 heterocycles. The Balaban J connectivity index is 1.61. The maximum absolute atomic E-state index is 12.6. The fourth-order valence-electron chi connectivity index (χ4n) is 3.51. The van der Waals surface area contributed by atoms with Crippen molar-refractivity contribution in [2.45, 2.75) is 50.5 Å². The van der Waals surface area contributed by atoms with E-state index in [0.29, 0.717) is 5.75 Å². The van der Waals surface area contributed by atoms with Gasteiger partial charge in [0.25, 0.3) is 0 Å². The van der Waals surface area contributed by atoms with E-state index in [4.69, 9.17) is 16.3 Å². The smallest absolute Gasteiger partial charge is 0.230 e. The maximum Gasteiger partial charge on any atom is 0.230 e. The van der Waals surface area contributed by atoms with E-state index in [1.54, 1.807) is 11.8 Å². The lowest BCUT2D eigenvalue weighted by Gasteiger charge is -2.41. The summed E-state index contributed by atoms with van der Waals surface area (Å²) < 4.78 is 6.31. The van der Waals surface area contributed by atoms with Crippen LogP contribution < -0.4 is 10.1 Å². The third-order valence-corrected chi connectivity index (χ3v) is 6.49. The van der Waals surface area contributed by atoms with Gasteiger partial charge in [-0.25, -0.2) is 0 Å². The second kappa shape index (κ2) is 9.03. The second-order valence-corrected chi connectivity index (χ2v) is 8.40. The Morgan fingerprint density at radius 1 is 1.19 bits per heavy atom. The van der Waals surface area contributed by atoms with Crippen molar-refractivity contribution in [2.75, 3.05) is 5.75 Å². The minimum Gasteiger partial charge on any atom is -0.487 e. The molecular formula is C22H26ClNO2S. The van der Waals surface area contributed by atoms with E-state index >= 15 is 0 Å². The molecule has 0 fully saturated rings. The molecule has 144 valence electrons. The van der Waals surface area contributed by atoms with Crippen LogP contribution in [-0.2, 0) is 10.5 Å². The summed E-state index contributed by atoms with van der Waals surface area (Å²) in [7, 11) is 0. The van der Waals surface area contributed by atoms with Crippen LogP contribution in [0.5, 0.6) is 5.75 Å². The van der Waals surface area contributed by atoms with Crippen molar-refractivity contribution in [3.05, 3.63) is 64.7 Å². The molecular weight excluding hydrogens is 378 g/mol. The molecule has 2 aromatic carbocycles. The number of ether oxygens (including phenoxy) is 1. The Kier molecular flexibility index (Phi) is 6.72. The van der Waals surface area contributed by atoms with Crippen LogP contribution in [0.2, 0.25) is 5.02 Å². The maximum atomic E-state index is 12.6. The number of thioether (sulfide) groups is 1. The number of carbonyl (C=O) groups is 1. The molecule has 27 heavy (non-hydrogen) atoms. The first-order chi connectivity index (χ1) is 13.0. The molecule has 1 atom stereocenters. The lowest BCUT2D eigenvalue weighted by Crippen LogP contribution is -2.44. The number of carbonyl (C=O) groups excluding carboxylic acids is 1. The zero-order chi connectivity index (χ0) is 19.3. The van der Waals surface area contributed by atoms with Crippen LogP contribution in [-0.4, -0.2) is 17.3 Å². The molecule has 2 aromatic rings. The van der Waals surface area contributed by atoms with Gasteiger partial charge in [0, 0.05) is 22.8 Å². The average molecular weight is 404 g/mol. The van der Waals surface area contributed by atoms with E-state index in [2.05, 4.69) is 25.2 Å². The first-order valence-corrected chi connectivity index (χ1v) is 11.0. The first-order valence-electron chi connectivity index (χ1n) is 9.45. The molecule has 3 rings (SSSR count). The van der Waals surface area contributed by atoms with Gasteiger partial charge in [-0.15, -0.1) is 11.8 Å². The van der Waals surface area contributed by atoms with Crippen LogP contribution in [0.15, 0.2) is 48.5 Å². The van der Waals surface area contributed by atoms with E-state index in [9.17, 15) is 4.79 Å². The zero-order valence-electron chi connectivity index (χ0n) is 15.8. The summed E-state index contributed by atoms with van der Waals surface area (Å²) in [4.78, 5) is 12.6.